The molecule has 114 valence electrons. The molecule has 0 aromatic carbocycles. The molecule has 0 amide bonds. The fourth-order valence-electron chi connectivity index (χ4n) is 1.86. The minimum Gasteiger partial charge on any atom is -0.227 e. The summed E-state index contributed by atoms with van der Waals surface area (Å²) in [6.07, 6.45) is 0. The van der Waals surface area contributed by atoms with Crippen molar-refractivity contribution in [3.63, 3.8) is 0 Å². The van der Waals surface area contributed by atoms with Gasteiger partial charge in [0.15, 0.2) is 9.84 Å². The third-order valence-corrected chi connectivity index (χ3v) is 9.06. The molecule has 1 aliphatic heterocycles. The Bertz CT molecular complexity index is 491. The van der Waals surface area contributed by atoms with E-state index in [-0.39, 0.29) is 29.8 Å². The van der Waals surface area contributed by atoms with E-state index in [1.165, 1.54) is 11.8 Å². The first kappa shape index (κ1) is 17.6. The van der Waals surface area contributed by atoms with E-state index >= 15 is 0 Å². The molecular formula is C10H20ClNO4S3. The molecule has 0 N–H and O–H groups in total. The van der Waals surface area contributed by atoms with Gasteiger partial charge in [0.2, 0.25) is 10.0 Å². The number of hydrogen-bond acceptors (Lipinski definition) is 5. The molecule has 2 atom stereocenters. The van der Waals surface area contributed by atoms with Crippen molar-refractivity contribution in [2.24, 2.45) is 5.92 Å². The van der Waals surface area contributed by atoms with Gasteiger partial charge in [-0.2, -0.15) is 16.1 Å². The standard InChI is InChI=1S/C10H20ClNO4S3/c1-3-18(13,14)10-7-17-5-4-12(10)19(15,16)8-9(2)6-11/h9-10H,3-8H2,1-2H3. The SMILES string of the molecule is CCS(=O)(=O)C1CSCCN1S(=O)(=O)CC(C)CCl. The van der Waals surface area contributed by atoms with Crippen LogP contribution in [0.15, 0.2) is 0 Å². The molecule has 1 rings (SSSR count). The normalized spacial score (nSPS) is 24.3. The van der Waals surface area contributed by atoms with Gasteiger partial charge < -0.3 is 0 Å². The summed E-state index contributed by atoms with van der Waals surface area (Å²) >= 11 is 7.12. The highest BCUT2D eigenvalue weighted by atomic mass is 35.5. The molecule has 1 saturated heterocycles. The molecule has 5 nitrogen and oxygen atoms in total. The summed E-state index contributed by atoms with van der Waals surface area (Å²) in [6, 6.07) is 0. The van der Waals surface area contributed by atoms with Crippen molar-refractivity contribution < 1.29 is 16.8 Å². The summed E-state index contributed by atoms with van der Waals surface area (Å²) in [5.74, 6) is 0.847. The second kappa shape index (κ2) is 6.98. The third kappa shape index (κ3) is 4.49. The van der Waals surface area contributed by atoms with Crippen LogP contribution >= 0.6 is 23.4 Å². The van der Waals surface area contributed by atoms with E-state index in [0.717, 1.165) is 4.31 Å². The Kier molecular flexibility index (Phi) is 6.44. The van der Waals surface area contributed by atoms with Crippen LogP contribution in [0.2, 0.25) is 0 Å². The van der Waals surface area contributed by atoms with Crippen LogP contribution in [0.1, 0.15) is 13.8 Å². The van der Waals surface area contributed by atoms with Gasteiger partial charge in [-0.25, -0.2) is 16.8 Å². The molecule has 2 unspecified atom stereocenters. The van der Waals surface area contributed by atoms with Gasteiger partial charge >= 0.3 is 0 Å². The summed E-state index contributed by atoms with van der Waals surface area (Å²) in [7, 11) is -6.98. The van der Waals surface area contributed by atoms with Crippen molar-refractivity contribution in [2.45, 2.75) is 19.2 Å². The molecule has 0 aromatic heterocycles. The predicted molar refractivity (Wildman–Crippen MR) is 81.0 cm³/mol. The van der Waals surface area contributed by atoms with Crippen molar-refractivity contribution in [1.29, 1.82) is 0 Å². The third-order valence-electron chi connectivity index (χ3n) is 2.97. The van der Waals surface area contributed by atoms with Crippen LogP contribution in [0, 0.1) is 5.92 Å². The van der Waals surface area contributed by atoms with Crippen molar-refractivity contribution in [3.8, 4) is 0 Å². The topological polar surface area (TPSA) is 71.5 Å². The lowest BCUT2D eigenvalue weighted by Crippen LogP contribution is -2.51. The Morgan fingerprint density at radius 2 is 2.00 bits per heavy atom. The van der Waals surface area contributed by atoms with E-state index in [4.69, 9.17) is 11.6 Å². The van der Waals surface area contributed by atoms with E-state index in [1.54, 1.807) is 13.8 Å². The zero-order chi connectivity index (χ0) is 14.7. The van der Waals surface area contributed by atoms with Crippen LogP contribution in [0.4, 0.5) is 0 Å². The fourth-order valence-corrected chi connectivity index (χ4v) is 7.77. The molecule has 19 heavy (non-hydrogen) atoms. The van der Waals surface area contributed by atoms with Crippen LogP contribution in [-0.2, 0) is 19.9 Å². The zero-order valence-electron chi connectivity index (χ0n) is 11.1. The molecule has 9 heteroatoms. The summed E-state index contributed by atoms with van der Waals surface area (Å²) in [5.41, 5.74) is 0. The van der Waals surface area contributed by atoms with Crippen LogP contribution in [-0.4, -0.2) is 62.0 Å². The van der Waals surface area contributed by atoms with E-state index in [0.29, 0.717) is 11.5 Å². The van der Waals surface area contributed by atoms with Gasteiger partial charge in [-0.15, -0.1) is 11.6 Å². The lowest BCUT2D eigenvalue weighted by Gasteiger charge is -2.34. The molecule has 0 aromatic rings. The Balaban J connectivity index is 3.01. The summed E-state index contributed by atoms with van der Waals surface area (Å²) in [6.45, 7) is 3.54. The van der Waals surface area contributed by atoms with Crippen molar-refractivity contribution >= 4 is 43.2 Å². The van der Waals surface area contributed by atoms with Crippen LogP contribution in [0.5, 0.6) is 0 Å². The van der Waals surface area contributed by atoms with E-state index in [2.05, 4.69) is 0 Å². The molecule has 0 radical (unpaired) electrons. The van der Waals surface area contributed by atoms with Crippen molar-refractivity contribution in [2.75, 3.05) is 35.4 Å². The maximum atomic E-state index is 12.3. The van der Waals surface area contributed by atoms with Gasteiger partial charge in [0.25, 0.3) is 0 Å². The quantitative estimate of drug-likeness (QED) is 0.669. The fraction of sp³-hybridized carbons (Fsp3) is 1.00. The highest BCUT2D eigenvalue weighted by Crippen LogP contribution is 2.25. The average molecular weight is 350 g/mol. The maximum Gasteiger partial charge on any atom is 0.215 e. The Morgan fingerprint density at radius 1 is 1.37 bits per heavy atom. The smallest absolute Gasteiger partial charge is 0.215 e. The Morgan fingerprint density at radius 3 is 2.53 bits per heavy atom. The molecular weight excluding hydrogens is 330 g/mol. The molecule has 1 aliphatic rings. The number of hydrogen-bond donors (Lipinski definition) is 0. The molecule has 0 aliphatic carbocycles. The van der Waals surface area contributed by atoms with Gasteiger partial charge in [0.05, 0.1) is 5.75 Å². The number of alkyl halides is 1. The molecule has 1 fully saturated rings. The van der Waals surface area contributed by atoms with Crippen LogP contribution in [0.25, 0.3) is 0 Å². The number of rotatable bonds is 6. The summed E-state index contributed by atoms with van der Waals surface area (Å²) in [5, 5.41) is -0.927. The van der Waals surface area contributed by atoms with Crippen molar-refractivity contribution in [3.05, 3.63) is 0 Å². The van der Waals surface area contributed by atoms with Gasteiger partial charge in [-0.05, 0) is 5.92 Å². The van der Waals surface area contributed by atoms with Gasteiger partial charge in [0, 0.05) is 29.7 Å². The number of halogens is 1. The van der Waals surface area contributed by atoms with Crippen LogP contribution in [0.3, 0.4) is 0 Å². The Labute approximate surface area is 125 Å². The number of sulfonamides is 1. The van der Waals surface area contributed by atoms with Gasteiger partial charge in [0.1, 0.15) is 5.37 Å². The van der Waals surface area contributed by atoms with Gasteiger partial charge in [-0.3, -0.25) is 0 Å². The zero-order valence-corrected chi connectivity index (χ0v) is 14.3. The first-order valence-electron chi connectivity index (χ1n) is 6.09. The predicted octanol–water partition coefficient (Wildman–Crippen LogP) is 1.00. The number of thioether (sulfide) groups is 1. The second-order valence-electron chi connectivity index (χ2n) is 4.63. The van der Waals surface area contributed by atoms with E-state index in [9.17, 15) is 16.8 Å². The van der Waals surface area contributed by atoms with Crippen LogP contribution < -0.4 is 0 Å². The molecule has 1 heterocycles. The minimum absolute atomic E-state index is 0.0463. The summed E-state index contributed by atoms with van der Waals surface area (Å²) in [4.78, 5) is 0. The summed E-state index contributed by atoms with van der Waals surface area (Å²) < 4.78 is 49.8. The number of sulfone groups is 1. The molecule has 0 bridgehead atoms. The molecule has 0 spiro atoms. The highest BCUT2D eigenvalue weighted by Gasteiger charge is 2.39. The molecule has 0 saturated carbocycles. The first-order chi connectivity index (χ1) is 8.74. The maximum absolute atomic E-state index is 12.3. The Hall–Kier alpha value is 0.500. The second-order valence-corrected chi connectivity index (χ2v) is 10.5. The van der Waals surface area contributed by atoms with Crippen molar-refractivity contribution in [1.82, 2.24) is 4.31 Å². The van der Waals surface area contributed by atoms with E-state index < -0.39 is 25.2 Å². The lowest BCUT2D eigenvalue weighted by atomic mass is 10.3. The van der Waals surface area contributed by atoms with Gasteiger partial charge in [-0.1, -0.05) is 13.8 Å². The first-order valence-corrected chi connectivity index (χ1v) is 11.1. The monoisotopic (exact) mass is 349 g/mol. The minimum atomic E-state index is -3.58. The number of nitrogens with zero attached hydrogens (tertiary/aromatic N) is 1. The highest BCUT2D eigenvalue weighted by molar-refractivity contribution is 8.01. The largest absolute Gasteiger partial charge is 0.227 e. The van der Waals surface area contributed by atoms with E-state index in [1.807, 2.05) is 0 Å². The average Bonchev–Trinajstić information content (AvgIpc) is 2.38. The lowest BCUT2D eigenvalue weighted by molar-refractivity contribution is 0.400.